The molecule has 0 fully saturated rings. The molecule has 4 heteroatoms. The molecular formula is C10H14N4. The monoisotopic (exact) mass is 190 g/mol. The average molecular weight is 190 g/mol. The first-order valence-corrected chi connectivity index (χ1v) is 4.45. The number of pyridine rings is 1. The van der Waals surface area contributed by atoms with Gasteiger partial charge < -0.3 is 10.6 Å². The van der Waals surface area contributed by atoms with Crippen LogP contribution in [-0.2, 0) is 0 Å². The minimum absolute atomic E-state index is 0.0109. The van der Waals surface area contributed by atoms with Gasteiger partial charge in [0.05, 0.1) is 12.0 Å². The maximum absolute atomic E-state index is 8.66. The van der Waals surface area contributed by atoms with Gasteiger partial charge in [0.15, 0.2) is 0 Å². The van der Waals surface area contributed by atoms with Gasteiger partial charge in [0.1, 0.15) is 5.82 Å². The fourth-order valence-electron chi connectivity index (χ4n) is 1.19. The summed E-state index contributed by atoms with van der Waals surface area (Å²) in [5, 5.41) is 8.66. The van der Waals surface area contributed by atoms with Crippen molar-refractivity contribution in [3.63, 3.8) is 0 Å². The number of rotatable bonds is 3. The van der Waals surface area contributed by atoms with Crippen molar-refractivity contribution in [2.75, 3.05) is 24.2 Å². The van der Waals surface area contributed by atoms with Crippen LogP contribution in [0.25, 0.3) is 0 Å². The van der Waals surface area contributed by atoms with Gasteiger partial charge in [-0.2, -0.15) is 5.26 Å². The summed E-state index contributed by atoms with van der Waals surface area (Å²) in [5.74, 6) is 0.787. The molecule has 0 aromatic carbocycles. The highest BCUT2D eigenvalue weighted by atomic mass is 15.2. The number of nitrogens with two attached hydrogens (primary N) is 1. The minimum Gasteiger partial charge on any atom is -0.399 e. The van der Waals surface area contributed by atoms with Crippen LogP contribution >= 0.6 is 0 Å². The Hall–Kier alpha value is -1.76. The van der Waals surface area contributed by atoms with Crippen LogP contribution in [0.1, 0.15) is 6.92 Å². The normalized spacial score (nSPS) is 11.8. The van der Waals surface area contributed by atoms with Crippen LogP contribution in [-0.4, -0.2) is 18.6 Å². The van der Waals surface area contributed by atoms with E-state index < -0.39 is 0 Å². The first kappa shape index (κ1) is 10.3. The lowest BCUT2D eigenvalue weighted by atomic mass is 10.2. The molecule has 1 atom stereocenters. The van der Waals surface area contributed by atoms with Crippen molar-refractivity contribution in [1.29, 1.82) is 5.26 Å². The predicted octanol–water partition coefficient (Wildman–Crippen LogP) is 1.26. The van der Waals surface area contributed by atoms with Crippen LogP contribution < -0.4 is 10.6 Å². The lowest BCUT2D eigenvalue weighted by molar-refractivity contribution is 0.710. The Morgan fingerprint density at radius 1 is 1.71 bits per heavy atom. The molecule has 0 saturated heterocycles. The largest absolute Gasteiger partial charge is 0.399 e. The minimum atomic E-state index is -0.0109. The van der Waals surface area contributed by atoms with Crippen LogP contribution in [0.4, 0.5) is 11.5 Å². The van der Waals surface area contributed by atoms with Crippen molar-refractivity contribution >= 4 is 11.5 Å². The molecule has 0 aliphatic carbocycles. The zero-order valence-corrected chi connectivity index (χ0v) is 8.44. The molecule has 1 aromatic heterocycles. The molecule has 0 radical (unpaired) electrons. The molecule has 1 unspecified atom stereocenters. The van der Waals surface area contributed by atoms with Gasteiger partial charge in [-0.1, -0.05) is 0 Å². The van der Waals surface area contributed by atoms with Gasteiger partial charge in [-0.05, 0) is 13.0 Å². The molecule has 0 spiro atoms. The number of hydrogen-bond acceptors (Lipinski definition) is 4. The van der Waals surface area contributed by atoms with Crippen molar-refractivity contribution in [3.05, 3.63) is 18.3 Å². The number of nitriles is 1. The quantitative estimate of drug-likeness (QED) is 0.779. The topological polar surface area (TPSA) is 65.9 Å². The molecule has 0 aliphatic heterocycles. The Morgan fingerprint density at radius 3 is 3.00 bits per heavy atom. The fourth-order valence-corrected chi connectivity index (χ4v) is 1.19. The van der Waals surface area contributed by atoms with Crippen molar-refractivity contribution in [2.45, 2.75) is 6.92 Å². The SMILES string of the molecule is CC(C#N)CN(C)c1cc(N)ccn1. The molecule has 1 rings (SSSR count). The zero-order valence-electron chi connectivity index (χ0n) is 8.44. The van der Waals surface area contributed by atoms with Crippen molar-refractivity contribution < 1.29 is 0 Å². The van der Waals surface area contributed by atoms with E-state index in [2.05, 4.69) is 11.1 Å². The van der Waals surface area contributed by atoms with Crippen molar-refractivity contribution in [3.8, 4) is 6.07 Å². The van der Waals surface area contributed by atoms with E-state index in [1.807, 2.05) is 18.9 Å². The van der Waals surface area contributed by atoms with E-state index in [0.717, 1.165) is 5.82 Å². The van der Waals surface area contributed by atoms with Gasteiger partial charge >= 0.3 is 0 Å². The maximum atomic E-state index is 8.66. The van der Waals surface area contributed by atoms with Gasteiger partial charge in [0.2, 0.25) is 0 Å². The number of hydrogen-bond donors (Lipinski definition) is 1. The summed E-state index contributed by atoms with van der Waals surface area (Å²) in [5.41, 5.74) is 6.31. The lowest BCUT2D eigenvalue weighted by Gasteiger charge is -2.19. The number of nitrogens with zero attached hydrogens (tertiary/aromatic N) is 3. The molecular weight excluding hydrogens is 176 g/mol. The molecule has 74 valence electrons. The third-order valence-corrected chi connectivity index (χ3v) is 1.93. The second-order valence-corrected chi connectivity index (χ2v) is 3.36. The molecule has 14 heavy (non-hydrogen) atoms. The van der Waals surface area contributed by atoms with E-state index in [-0.39, 0.29) is 5.92 Å². The van der Waals surface area contributed by atoms with Gasteiger partial charge in [-0.25, -0.2) is 4.98 Å². The van der Waals surface area contributed by atoms with Gasteiger partial charge in [0, 0.05) is 31.5 Å². The van der Waals surface area contributed by atoms with Crippen LogP contribution in [0.15, 0.2) is 18.3 Å². The van der Waals surface area contributed by atoms with E-state index in [0.29, 0.717) is 12.2 Å². The van der Waals surface area contributed by atoms with Gasteiger partial charge in [-0.15, -0.1) is 0 Å². The van der Waals surface area contributed by atoms with E-state index in [4.69, 9.17) is 11.0 Å². The van der Waals surface area contributed by atoms with E-state index in [1.165, 1.54) is 0 Å². The number of aromatic nitrogens is 1. The smallest absolute Gasteiger partial charge is 0.130 e. The standard InChI is InChI=1S/C10H14N4/c1-8(6-11)7-14(2)10-5-9(12)3-4-13-10/h3-5,8H,7H2,1-2H3,(H2,12,13). The Morgan fingerprint density at radius 2 is 2.43 bits per heavy atom. The Labute approximate surface area is 84.0 Å². The molecule has 0 aliphatic rings. The summed E-state index contributed by atoms with van der Waals surface area (Å²) in [6.07, 6.45) is 1.66. The Balaban J connectivity index is 2.70. The lowest BCUT2D eigenvalue weighted by Crippen LogP contribution is -2.24. The van der Waals surface area contributed by atoms with E-state index in [9.17, 15) is 0 Å². The molecule has 0 bridgehead atoms. The van der Waals surface area contributed by atoms with Crippen LogP contribution in [0.5, 0.6) is 0 Å². The van der Waals surface area contributed by atoms with Crippen LogP contribution in [0, 0.1) is 17.2 Å². The third-order valence-electron chi connectivity index (χ3n) is 1.93. The molecule has 2 N–H and O–H groups in total. The predicted molar refractivity (Wildman–Crippen MR) is 56.7 cm³/mol. The molecule has 4 nitrogen and oxygen atoms in total. The molecule has 0 saturated carbocycles. The molecule has 0 amide bonds. The first-order valence-electron chi connectivity index (χ1n) is 4.45. The number of anilines is 2. The first-order chi connectivity index (χ1) is 6.63. The summed E-state index contributed by atoms with van der Waals surface area (Å²) in [7, 11) is 1.90. The maximum Gasteiger partial charge on any atom is 0.130 e. The Kier molecular flexibility index (Phi) is 3.29. The van der Waals surface area contributed by atoms with Crippen molar-refractivity contribution in [1.82, 2.24) is 4.98 Å². The summed E-state index contributed by atoms with van der Waals surface area (Å²) in [6, 6.07) is 5.72. The third kappa shape index (κ3) is 2.63. The zero-order chi connectivity index (χ0) is 10.6. The highest BCUT2D eigenvalue weighted by Crippen LogP contribution is 2.13. The average Bonchev–Trinajstić information content (AvgIpc) is 2.17. The fraction of sp³-hybridized carbons (Fsp3) is 0.400. The second kappa shape index (κ2) is 4.47. The number of nitrogen functional groups attached to an aromatic ring is 1. The summed E-state index contributed by atoms with van der Waals surface area (Å²) in [6.45, 7) is 2.54. The highest BCUT2D eigenvalue weighted by Gasteiger charge is 2.06. The molecule has 1 aromatic rings. The summed E-state index contributed by atoms with van der Waals surface area (Å²) >= 11 is 0. The van der Waals surface area contributed by atoms with Crippen molar-refractivity contribution in [2.24, 2.45) is 5.92 Å². The van der Waals surface area contributed by atoms with E-state index >= 15 is 0 Å². The highest BCUT2D eigenvalue weighted by molar-refractivity contribution is 5.49. The van der Waals surface area contributed by atoms with Gasteiger partial charge in [0.25, 0.3) is 0 Å². The Bertz CT molecular complexity index is 342. The molecule has 1 heterocycles. The van der Waals surface area contributed by atoms with Crippen LogP contribution in [0.2, 0.25) is 0 Å². The second-order valence-electron chi connectivity index (χ2n) is 3.36. The summed E-state index contributed by atoms with van der Waals surface area (Å²) in [4.78, 5) is 6.08. The van der Waals surface area contributed by atoms with E-state index in [1.54, 1.807) is 18.3 Å². The summed E-state index contributed by atoms with van der Waals surface area (Å²) < 4.78 is 0. The van der Waals surface area contributed by atoms with Crippen LogP contribution in [0.3, 0.4) is 0 Å². The van der Waals surface area contributed by atoms with Gasteiger partial charge in [-0.3, -0.25) is 0 Å².